The van der Waals surface area contributed by atoms with Crippen LogP contribution < -0.4 is 5.32 Å². The fourth-order valence-electron chi connectivity index (χ4n) is 2.98. The maximum atomic E-state index is 3.38. The summed E-state index contributed by atoms with van der Waals surface area (Å²) in [6.45, 7) is 8.52. The molecule has 2 heteroatoms. The molecule has 0 radical (unpaired) electrons. The van der Waals surface area contributed by atoms with Crippen LogP contribution in [0.1, 0.15) is 18.1 Å². The van der Waals surface area contributed by atoms with Gasteiger partial charge in [-0.15, -0.1) is 0 Å². The molecule has 0 spiro atoms. The van der Waals surface area contributed by atoms with Crippen molar-refractivity contribution in [3.05, 3.63) is 35.4 Å². The Morgan fingerprint density at radius 1 is 1.29 bits per heavy atom. The molecule has 1 unspecified atom stereocenters. The van der Waals surface area contributed by atoms with Crippen molar-refractivity contribution in [1.29, 1.82) is 0 Å². The summed E-state index contributed by atoms with van der Waals surface area (Å²) in [5.41, 5.74) is 3.10. The molecule has 92 valence electrons. The fraction of sp³-hybridized carbons (Fsp3) is 0.600. The normalized spacial score (nSPS) is 22.9. The van der Waals surface area contributed by atoms with E-state index in [-0.39, 0.29) is 0 Å². The lowest BCUT2D eigenvalue weighted by Crippen LogP contribution is -2.48. The number of nitrogens with zero attached hydrogens (tertiary/aromatic N) is 1. The Kier molecular flexibility index (Phi) is 3.17. The molecule has 0 amide bonds. The minimum atomic E-state index is 0.835. The number of fused-ring (bicyclic) bond motifs is 1. The smallest absolute Gasteiger partial charge is 0.0236 e. The van der Waals surface area contributed by atoms with Crippen LogP contribution in [0.25, 0.3) is 0 Å². The minimum absolute atomic E-state index is 0.835. The summed E-state index contributed by atoms with van der Waals surface area (Å²) in [7, 11) is 0. The molecule has 0 aromatic heterocycles. The van der Waals surface area contributed by atoms with Crippen molar-refractivity contribution < 1.29 is 0 Å². The topological polar surface area (TPSA) is 15.3 Å². The van der Waals surface area contributed by atoms with Gasteiger partial charge in [0.05, 0.1) is 0 Å². The van der Waals surface area contributed by atoms with E-state index in [9.17, 15) is 0 Å². The second-order valence-electron chi connectivity index (χ2n) is 5.65. The Balaban J connectivity index is 1.60. The highest BCUT2D eigenvalue weighted by Gasteiger charge is 2.26. The van der Waals surface area contributed by atoms with Crippen molar-refractivity contribution in [2.45, 2.75) is 19.9 Å². The van der Waals surface area contributed by atoms with Gasteiger partial charge in [0.25, 0.3) is 0 Å². The maximum absolute atomic E-state index is 3.38. The summed E-state index contributed by atoms with van der Waals surface area (Å²) >= 11 is 0. The molecule has 17 heavy (non-hydrogen) atoms. The highest BCUT2D eigenvalue weighted by Crippen LogP contribution is 2.22. The van der Waals surface area contributed by atoms with E-state index < -0.39 is 0 Å². The van der Waals surface area contributed by atoms with Gasteiger partial charge in [-0.1, -0.05) is 31.2 Å². The van der Waals surface area contributed by atoms with Gasteiger partial charge in [-0.3, -0.25) is 4.90 Å². The molecule has 2 aliphatic heterocycles. The van der Waals surface area contributed by atoms with Gasteiger partial charge in [0, 0.05) is 19.6 Å². The molecule has 0 bridgehead atoms. The molecule has 3 rings (SSSR count). The highest BCUT2D eigenvalue weighted by molar-refractivity contribution is 5.29. The molecule has 2 heterocycles. The SMILES string of the molecule is CC(CN1CCc2ccccc2C1)C1CNC1. The van der Waals surface area contributed by atoms with Crippen molar-refractivity contribution in [3.63, 3.8) is 0 Å². The molecule has 1 N–H and O–H groups in total. The first kappa shape index (κ1) is 11.2. The molecule has 2 aliphatic rings. The Hall–Kier alpha value is -0.860. The van der Waals surface area contributed by atoms with E-state index in [1.807, 2.05) is 0 Å². The van der Waals surface area contributed by atoms with E-state index in [1.165, 1.54) is 38.2 Å². The number of hydrogen-bond acceptors (Lipinski definition) is 2. The molecule has 1 atom stereocenters. The van der Waals surface area contributed by atoms with Crippen LogP contribution in [-0.2, 0) is 13.0 Å². The maximum Gasteiger partial charge on any atom is 0.0236 e. The molecule has 1 aromatic carbocycles. The molecular formula is C15H22N2. The van der Waals surface area contributed by atoms with Gasteiger partial charge in [-0.05, 0) is 42.5 Å². The first-order chi connectivity index (χ1) is 8.33. The van der Waals surface area contributed by atoms with Crippen molar-refractivity contribution in [3.8, 4) is 0 Å². The van der Waals surface area contributed by atoms with Gasteiger partial charge in [0.1, 0.15) is 0 Å². The second kappa shape index (κ2) is 4.79. The molecule has 1 fully saturated rings. The highest BCUT2D eigenvalue weighted by atomic mass is 15.1. The average Bonchev–Trinajstić information content (AvgIpc) is 2.26. The van der Waals surface area contributed by atoms with Crippen LogP contribution in [0.4, 0.5) is 0 Å². The van der Waals surface area contributed by atoms with Crippen LogP contribution in [0.15, 0.2) is 24.3 Å². The zero-order valence-corrected chi connectivity index (χ0v) is 10.7. The van der Waals surface area contributed by atoms with Crippen molar-refractivity contribution >= 4 is 0 Å². The number of nitrogens with one attached hydrogen (secondary N) is 1. The quantitative estimate of drug-likeness (QED) is 0.853. The van der Waals surface area contributed by atoms with Crippen molar-refractivity contribution in [2.24, 2.45) is 11.8 Å². The molecule has 2 nitrogen and oxygen atoms in total. The second-order valence-corrected chi connectivity index (χ2v) is 5.65. The van der Waals surface area contributed by atoms with Crippen molar-refractivity contribution in [2.75, 3.05) is 26.2 Å². The molecule has 0 saturated carbocycles. The van der Waals surface area contributed by atoms with Crippen LogP contribution >= 0.6 is 0 Å². The number of benzene rings is 1. The average molecular weight is 230 g/mol. The molecular weight excluding hydrogens is 208 g/mol. The van der Waals surface area contributed by atoms with E-state index in [4.69, 9.17) is 0 Å². The summed E-state index contributed by atoms with van der Waals surface area (Å²) in [5.74, 6) is 1.74. The first-order valence-corrected chi connectivity index (χ1v) is 6.83. The van der Waals surface area contributed by atoms with Gasteiger partial charge in [-0.2, -0.15) is 0 Å². The monoisotopic (exact) mass is 230 g/mol. The lowest BCUT2D eigenvalue weighted by molar-refractivity contribution is 0.156. The third-order valence-electron chi connectivity index (χ3n) is 4.37. The van der Waals surface area contributed by atoms with Gasteiger partial charge < -0.3 is 5.32 Å². The Morgan fingerprint density at radius 3 is 2.76 bits per heavy atom. The lowest BCUT2D eigenvalue weighted by atomic mass is 9.88. The van der Waals surface area contributed by atoms with Gasteiger partial charge in [0.15, 0.2) is 0 Å². The predicted molar refractivity (Wildman–Crippen MR) is 70.9 cm³/mol. The van der Waals surface area contributed by atoms with E-state index in [2.05, 4.69) is 41.4 Å². The van der Waals surface area contributed by atoms with Gasteiger partial charge in [0.2, 0.25) is 0 Å². The summed E-state index contributed by atoms with van der Waals surface area (Å²) < 4.78 is 0. The minimum Gasteiger partial charge on any atom is -0.316 e. The van der Waals surface area contributed by atoms with Gasteiger partial charge in [-0.25, -0.2) is 0 Å². The van der Waals surface area contributed by atoms with E-state index in [0.29, 0.717) is 0 Å². The van der Waals surface area contributed by atoms with Crippen LogP contribution in [0, 0.1) is 11.8 Å². The Bertz CT molecular complexity index is 384. The van der Waals surface area contributed by atoms with Crippen LogP contribution in [0.2, 0.25) is 0 Å². The third-order valence-corrected chi connectivity index (χ3v) is 4.37. The number of rotatable bonds is 3. The number of hydrogen-bond donors (Lipinski definition) is 1. The third kappa shape index (κ3) is 2.38. The largest absolute Gasteiger partial charge is 0.316 e. The first-order valence-electron chi connectivity index (χ1n) is 6.83. The fourth-order valence-corrected chi connectivity index (χ4v) is 2.98. The Morgan fingerprint density at radius 2 is 2.06 bits per heavy atom. The van der Waals surface area contributed by atoms with Crippen LogP contribution in [0.5, 0.6) is 0 Å². The predicted octanol–water partition coefficient (Wildman–Crippen LogP) is 1.90. The van der Waals surface area contributed by atoms with E-state index in [0.717, 1.165) is 18.4 Å². The summed E-state index contributed by atoms with van der Waals surface area (Å²) in [6.07, 6.45) is 1.23. The zero-order valence-electron chi connectivity index (χ0n) is 10.7. The molecule has 1 aromatic rings. The standard InChI is InChI=1S/C15H22N2/c1-12(15-8-16-9-15)10-17-7-6-13-4-2-3-5-14(13)11-17/h2-5,12,15-16H,6-11H2,1H3. The summed E-state index contributed by atoms with van der Waals surface area (Å²) in [4.78, 5) is 2.63. The summed E-state index contributed by atoms with van der Waals surface area (Å²) in [6, 6.07) is 8.90. The lowest BCUT2D eigenvalue weighted by Gasteiger charge is -2.37. The Labute approximate surface area is 104 Å². The van der Waals surface area contributed by atoms with Gasteiger partial charge >= 0.3 is 0 Å². The van der Waals surface area contributed by atoms with E-state index >= 15 is 0 Å². The summed E-state index contributed by atoms with van der Waals surface area (Å²) in [5, 5.41) is 3.38. The molecule has 1 saturated heterocycles. The zero-order chi connectivity index (χ0) is 11.7. The van der Waals surface area contributed by atoms with Crippen LogP contribution in [-0.4, -0.2) is 31.1 Å². The van der Waals surface area contributed by atoms with Crippen LogP contribution in [0.3, 0.4) is 0 Å². The molecule has 0 aliphatic carbocycles. The van der Waals surface area contributed by atoms with Crippen molar-refractivity contribution in [1.82, 2.24) is 10.2 Å². The van der Waals surface area contributed by atoms with E-state index in [1.54, 1.807) is 5.56 Å².